The molecular formula is C22H19N5O3. The van der Waals surface area contributed by atoms with Crippen molar-refractivity contribution >= 4 is 11.6 Å². The van der Waals surface area contributed by atoms with Gasteiger partial charge >= 0.3 is 0 Å². The number of carbonyl (C=O) groups is 1. The first-order valence-corrected chi connectivity index (χ1v) is 9.18. The summed E-state index contributed by atoms with van der Waals surface area (Å²) in [7, 11) is 1.56. The second-order valence-electron chi connectivity index (χ2n) is 6.39. The third-order valence-electron chi connectivity index (χ3n) is 4.24. The van der Waals surface area contributed by atoms with Crippen LogP contribution in [0.15, 0.2) is 73.3 Å². The number of hydrogen-bond acceptors (Lipinski definition) is 6. The van der Waals surface area contributed by atoms with Crippen LogP contribution in [-0.2, 0) is 0 Å². The number of amides is 1. The summed E-state index contributed by atoms with van der Waals surface area (Å²) in [6, 6.07) is 15.7. The molecule has 0 aliphatic rings. The summed E-state index contributed by atoms with van der Waals surface area (Å²) in [4.78, 5) is 25.1. The van der Waals surface area contributed by atoms with Gasteiger partial charge in [-0.25, -0.2) is 9.97 Å². The van der Waals surface area contributed by atoms with Crippen LogP contribution in [0.5, 0.6) is 17.4 Å². The van der Waals surface area contributed by atoms with E-state index in [1.807, 2.05) is 0 Å². The fourth-order valence-corrected chi connectivity index (χ4v) is 2.80. The zero-order chi connectivity index (χ0) is 20.9. The minimum absolute atomic E-state index is 0.223. The van der Waals surface area contributed by atoms with E-state index < -0.39 is 0 Å². The van der Waals surface area contributed by atoms with E-state index in [0.29, 0.717) is 40.3 Å². The fourth-order valence-electron chi connectivity index (χ4n) is 2.80. The van der Waals surface area contributed by atoms with Crippen molar-refractivity contribution in [1.82, 2.24) is 19.5 Å². The van der Waals surface area contributed by atoms with Crippen molar-refractivity contribution in [3.8, 4) is 23.2 Å². The average Bonchev–Trinajstić information content (AvgIpc) is 3.30. The zero-order valence-corrected chi connectivity index (χ0v) is 16.4. The smallest absolute Gasteiger partial charge is 0.255 e. The van der Waals surface area contributed by atoms with Crippen molar-refractivity contribution in [3.05, 3.63) is 84.7 Å². The molecule has 4 aromatic rings. The summed E-state index contributed by atoms with van der Waals surface area (Å²) in [5, 5.41) is 2.85. The Morgan fingerprint density at radius 1 is 1.03 bits per heavy atom. The first-order valence-electron chi connectivity index (χ1n) is 9.18. The molecule has 4 rings (SSSR count). The van der Waals surface area contributed by atoms with Gasteiger partial charge in [0.1, 0.15) is 29.5 Å². The monoisotopic (exact) mass is 401 g/mol. The van der Waals surface area contributed by atoms with E-state index in [4.69, 9.17) is 9.47 Å². The molecule has 0 saturated heterocycles. The first kappa shape index (κ1) is 19.1. The van der Waals surface area contributed by atoms with E-state index >= 15 is 0 Å². The molecule has 0 atom stereocenters. The Morgan fingerprint density at radius 3 is 2.60 bits per heavy atom. The van der Waals surface area contributed by atoms with Crippen LogP contribution in [0, 0.1) is 6.92 Å². The molecule has 1 amide bonds. The van der Waals surface area contributed by atoms with Gasteiger partial charge in [0.05, 0.1) is 7.11 Å². The van der Waals surface area contributed by atoms with Crippen molar-refractivity contribution in [3.63, 3.8) is 0 Å². The number of benzene rings is 2. The maximum atomic E-state index is 12.4. The quantitative estimate of drug-likeness (QED) is 0.525. The molecule has 1 N–H and O–H groups in total. The van der Waals surface area contributed by atoms with E-state index in [-0.39, 0.29) is 5.91 Å². The van der Waals surface area contributed by atoms with E-state index in [9.17, 15) is 4.79 Å². The summed E-state index contributed by atoms with van der Waals surface area (Å²) < 4.78 is 12.8. The Kier molecular flexibility index (Phi) is 5.38. The number of aromatic nitrogens is 4. The summed E-state index contributed by atoms with van der Waals surface area (Å²) in [6.07, 6.45) is 5.13. The lowest BCUT2D eigenvalue weighted by Gasteiger charge is -2.10. The van der Waals surface area contributed by atoms with Crippen molar-refractivity contribution in [1.29, 1.82) is 0 Å². The lowest BCUT2D eigenvalue weighted by Crippen LogP contribution is -2.11. The molecule has 0 fully saturated rings. The lowest BCUT2D eigenvalue weighted by molar-refractivity contribution is 0.102. The number of ether oxygens (including phenoxy) is 2. The van der Waals surface area contributed by atoms with Crippen LogP contribution >= 0.6 is 0 Å². The van der Waals surface area contributed by atoms with Gasteiger partial charge in [-0.1, -0.05) is 6.07 Å². The number of nitrogens with one attached hydrogen (secondary N) is 1. The summed E-state index contributed by atoms with van der Waals surface area (Å²) in [5.41, 5.74) is 1.16. The molecule has 2 aromatic carbocycles. The molecule has 2 heterocycles. The number of nitrogens with zero attached hydrogens (tertiary/aromatic N) is 4. The maximum Gasteiger partial charge on any atom is 0.255 e. The van der Waals surface area contributed by atoms with Crippen LogP contribution in [-0.4, -0.2) is 32.5 Å². The van der Waals surface area contributed by atoms with Crippen LogP contribution in [0.25, 0.3) is 5.82 Å². The number of rotatable bonds is 6. The van der Waals surface area contributed by atoms with Gasteiger partial charge < -0.3 is 14.8 Å². The molecule has 0 saturated carbocycles. The van der Waals surface area contributed by atoms with E-state index in [1.54, 1.807) is 91.9 Å². The van der Waals surface area contributed by atoms with Crippen molar-refractivity contribution < 1.29 is 14.3 Å². The molecular weight excluding hydrogens is 382 g/mol. The molecule has 0 unspecified atom stereocenters. The van der Waals surface area contributed by atoms with E-state index in [2.05, 4.69) is 20.3 Å². The Hall–Kier alpha value is -4.20. The number of methoxy groups -OCH3 is 1. The number of anilines is 1. The van der Waals surface area contributed by atoms with Gasteiger partial charge in [0.2, 0.25) is 5.88 Å². The lowest BCUT2D eigenvalue weighted by atomic mass is 10.2. The van der Waals surface area contributed by atoms with Gasteiger partial charge in [0.25, 0.3) is 5.91 Å². The van der Waals surface area contributed by atoms with Gasteiger partial charge in [-0.05, 0) is 49.4 Å². The van der Waals surface area contributed by atoms with Crippen LogP contribution in [0.2, 0.25) is 0 Å². The van der Waals surface area contributed by atoms with Crippen molar-refractivity contribution in [2.75, 3.05) is 12.4 Å². The molecule has 0 spiro atoms. The number of hydrogen-bond donors (Lipinski definition) is 1. The van der Waals surface area contributed by atoms with Crippen LogP contribution in [0.3, 0.4) is 0 Å². The predicted molar refractivity (Wildman–Crippen MR) is 111 cm³/mol. The normalized spacial score (nSPS) is 10.5. The highest BCUT2D eigenvalue weighted by atomic mass is 16.5. The molecule has 150 valence electrons. The SMILES string of the molecule is COc1cccc(C(=O)Nc2ccc(Oc3cc(-n4ccnc4)nc(C)n3)cc2)c1. The van der Waals surface area contributed by atoms with Crippen molar-refractivity contribution in [2.45, 2.75) is 6.92 Å². The highest BCUT2D eigenvalue weighted by molar-refractivity contribution is 6.04. The average molecular weight is 401 g/mol. The van der Waals surface area contributed by atoms with Gasteiger partial charge in [-0.2, -0.15) is 4.98 Å². The second kappa shape index (κ2) is 8.44. The topological polar surface area (TPSA) is 91.2 Å². The summed E-state index contributed by atoms with van der Waals surface area (Å²) >= 11 is 0. The number of carbonyl (C=O) groups excluding carboxylic acids is 1. The molecule has 0 aliphatic carbocycles. The van der Waals surface area contributed by atoms with E-state index in [0.717, 1.165) is 0 Å². The number of imidazole rings is 1. The molecule has 8 heteroatoms. The van der Waals surface area contributed by atoms with Crippen molar-refractivity contribution in [2.24, 2.45) is 0 Å². The first-order chi connectivity index (χ1) is 14.6. The van der Waals surface area contributed by atoms with Gasteiger partial charge in [-0.3, -0.25) is 9.36 Å². The number of aryl methyl sites for hydroxylation is 1. The third-order valence-corrected chi connectivity index (χ3v) is 4.24. The molecule has 2 aromatic heterocycles. The minimum atomic E-state index is -0.223. The largest absolute Gasteiger partial charge is 0.497 e. The van der Waals surface area contributed by atoms with Crippen LogP contribution < -0.4 is 14.8 Å². The van der Waals surface area contributed by atoms with Crippen LogP contribution in [0.1, 0.15) is 16.2 Å². The highest BCUT2D eigenvalue weighted by Gasteiger charge is 2.09. The third kappa shape index (κ3) is 4.44. The molecule has 8 nitrogen and oxygen atoms in total. The van der Waals surface area contributed by atoms with Gasteiger partial charge in [0.15, 0.2) is 0 Å². The van der Waals surface area contributed by atoms with Crippen LogP contribution in [0.4, 0.5) is 5.69 Å². The Balaban J connectivity index is 1.46. The fraction of sp³-hybridized carbons (Fsp3) is 0.0909. The zero-order valence-electron chi connectivity index (χ0n) is 16.4. The standard InChI is InChI=1S/C22H19N5O3/c1-15-24-20(27-11-10-23-14-27)13-21(25-15)30-18-8-6-17(7-9-18)26-22(28)16-4-3-5-19(12-16)29-2/h3-14H,1-2H3,(H,26,28). The molecule has 0 radical (unpaired) electrons. The Labute approximate surface area is 173 Å². The predicted octanol–water partition coefficient (Wildman–Crippen LogP) is 4.02. The second-order valence-corrected chi connectivity index (χ2v) is 6.39. The van der Waals surface area contributed by atoms with E-state index in [1.165, 1.54) is 0 Å². The van der Waals surface area contributed by atoms with Gasteiger partial charge in [-0.15, -0.1) is 0 Å². The summed E-state index contributed by atoms with van der Waals surface area (Å²) in [5.74, 6) is 2.65. The van der Waals surface area contributed by atoms with Gasteiger partial charge in [0, 0.05) is 29.7 Å². The molecule has 0 aliphatic heterocycles. The minimum Gasteiger partial charge on any atom is -0.497 e. The molecule has 0 bridgehead atoms. The highest BCUT2D eigenvalue weighted by Crippen LogP contribution is 2.23. The Bertz CT molecular complexity index is 1160. The molecule has 30 heavy (non-hydrogen) atoms. The summed E-state index contributed by atoms with van der Waals surface area (Å²) in [6.45, 7) is 1.80. The Morgan fingerprint density at radius 2 is 1.87 bits per heavy atom. The maximum absolute atomic E-state index is 12.4.